The Labute approximate surface area is 118 Å². The van der Waals surface area contributed by atoms with Gasteiger partial charge >= 0.3 is 0 Å². The minimum Gasteiger partial charge on any atom is -0.398 e. The Bertz CT molecular complexity index is 539. The molecule has 0 saturated heterocycles. The van der Waals surface area contributed by atoms with E-state index in [0.29, 0.717) is 0 Å². The number of hydrogen-bond acceptors (Lipinski definition) is 3. The smallest absolute Gasteiger partial charge is 0.133 e. The summed E-state index contributed by atoms with van der Waals surface area (Å²) in [7, 11) is 0. The van der Waals surface area contributed by atoms with Crippen molar-refractivity contribution in [3.63, 3.8) is 0 Å². The molecule has 5 heteroatoms. The lowest BCUT2D eigenvalue weighted by atomic mass is 10.1. The van der Waals surface area contributed by atoms with Gasteiger partial charge in [0.05, 0.1) is 5.69 Å². The molecule has 1 aromatic carbocycles. The topological polar surface area (TPSA) is 52.0 Å². The van der Waals surface area contributed by atoms with E-state index in [1.807, 2.05) is 25.1 Å². The van der Waals surface area contributed by atoms with Crippen LogP contribution in [-0.2, 0) is 12.8 Å². The Morgan fingerprint density at radius 3 is 2.76 bits per heavy atom. The van der Waals surface area contributed by atoms with E-state index < -0.39 is 0 Å². The SMILES string of the molecule is Cc1cc(CCc2cc(N)c(I)cc2Cl)no1. The highest BCUT2D eigenvalue weighted by atomic mass is 127. The van der Waals surface area contributed by atoms with Crippen molar-refractivity contribution in [1.82, 2.24) is 5.16 Å². The maximum absolute atomic E-state index is 6.17. The normalized spacial score (nSPS) is 10.8. The first-order valence-corrected chi connectivity index (χ1v) is 6.67. The molecule has 2 N–H and O–H groups in total. The maximum atomic E-state index is 6.17. The standard InChI is InChI=1S/C12H12ClIN2O/c1-7-4-9(16-17-7)3-2-8-5-12(15)11(14)6-10(8)13/h4-6H,2-3,15H2,1H3. The van der Waals surface area contributed by atoms with E-state index in [0.717, 1.165) is 44.1 Å². The van der Waals surface area contributed by atoms with Gasteiger partial charge in [0.15, 0.2) is 0 Å². The van der Waals surface area contributed by atoms with Crippen molar-refractivity contribution in [2.24, 2.45) is 0 Å². The predicted octanol–water partition coefficient (Wildman–Crippen LogP) is 3.61. The van der Waals surface area contributed by atoms with Crippen LogP contribution in [-0.4, -0.2) is 5.16 Å². The lowest BCUT2D eigenvalue weighted by molar-refractivity contribution is 0.390. The molecule has 0 aliphatic heterocycles. The molecule has 2 aromatic rings. The number of hydrogen-bond donors (Lipinski definition) is 1. The fourth-order valence-electron chi connectivity index (χ4n) is 1.60. The first-order chi connectivity index (χ1) is 8.06. The molecule has 0 fully saturated rings. The molecule has 0 radical (unpaired) electrons. The van der Waals surface area contributed by atoms with Crippen LogP contribution in [0.5, 0.6) is 0 Å². The van der Waals surface area contributed by atoms with Crippen molar-refractivity contribution >= 4 is 39.9 Å². The molecule has 17 heavy (non-hydrogen) atoms. The zero-order valence-corrected chi connectivity index (χ0v) is 12.2. The molecule has 0 spiro atoms. The summed E-state index contributed by atoms with van der Waals surface area (Å²) in [5.41, 5.74) is 8.61. The van der Waals surface area contributed by atoms with Gasteiger partial charge in [0.25, 0.3) is 0 Å². The summed E-state index contributed by atoms with van der Waals surface area (Å²) >= 11 is 8.34. The average Bonchev–Trinajstić information content (AvgIpc) is 2.68. The van der Waals surface area contributed by atoms with Crippen molar-refractivity contribution in [2.45, 2.75) is 19.8 Å². The lowest BCUT2D eigenvalue weighted by Crippen LogP contribution is -1.96. The molecule has 2 rings (SSSR count). The molecule has 90 valence electrons. The molecular weight excluding hydrogens is 351 g/mol. The van der Waals surface area contributed by atoms with Gasteiger partial charge in [-0.1, -0.05) is 16.8 Å². The van der Waals surface area contributed by atoms with Crippen LogP contribution in [0, 0.1) is 10.5 Å². The quantitative estimate of drug-likeness (QED) is 0.670. The van der Waals surface area contributed by atoms with Gasteiger partial charge in [-0.25, -0.2) is 0 Å². The summed E-state index contributed by atoms with van der Waals surface area (Å²) in [5, 5.41) is 4.70. The van der Waals surface area contributed by atoms with Gasteiger partial charge in [0.1, 0.15) is 5.76 Å². The van der Waals surface area contributed by atoms with Gasteiger partial charge < -0.3 is 10.3 Å². The second-order valence-corrected chi connectivity index (χ2v) is 5.46. The molecule has 0 unspecified atom stereocenters. The molecular formula is C12H12ClIN2O. The molecule has 0 aliphatic rings. The van der Waals surface area contributed by atoms with Gasteiger partial charge in [0, 0.05) is 20.3 Å². The zero-order chi connectivity index (χ0) is 12.4. The minimum atomic E-state index is 0.754. The van der Waals surface area contributed by atoms with E-state index >= 15 is 0 Å². The number of halogens is 2. The number of aromatic nitrogens is 1. The highest BCUT2D eigenvalue weighted by Gasteiger charge is 2.07. The Hall–Kier alpha value is -0.750. The third-order valence-electron chi connectivity index (χ3n) is 2.49. The number of anilines is 1. The van der Waals surface area contributed by atoms with Crippen molar-refractivity contribution in [3.8, 4) is 0 Å². The van der Waals surface area contributed by atoms with Crippen LogP contribution in [0.3, 0.4) is 0 Å². The summed E-state index contributed by atoms with van der Waals surface area (Å²) in [5.74, 6) is 0.827. The van der Waals surface area contributed by atoms with Gasteiger partial charge in [-0.2, -0.15) is 0 Å². The monoisotopic (exact) mass is 362 g/mol. The Morgan fingerprint density at radius 2 is 2.12 bits per heavy atom. The van der Waals surface area contributed by atoms with Crippen LogP contribution in [0.15, 0.2) is 22.7 Å². The first-order valence-electron chi connectivity index (χ1n) is 5.22. The number of benzene rings is 1. The van der Waals surface area contributed by atoms with Gasteiger partial charge in [-0.05, 0) is 60.1 Å². The molecule has 0 amide bonds. The highest BCUT2D eigenvalue weighted by molar-refractivity contribution is 14.1. The third-order valence-corrected chi connectivity index (χ3v) is 3.78. The number of aryl methyl sites for hydroxylation is 3. The Morgan fingerprint density at radius 1 is 1.35 bits per heavy atom. The fourth-order valence-corrected chi connectivity index (χ4v) is 2.51. The number of nitrogen functional groups attached to an aromatic ring is 1. The van der Waals surface area contributed by atoms with Gasteiger partial charge in [-0.15, -0.1) is 0 Å². The molecule has 0 bridgehead atoms. The van der Waals surface area contributed by atoms with Crippen LogP contribution in [0.1, 0.15) is 17.0 Å². The van der Waals surface area contributed by atoms with E-state index in [1.54, 1.807) is 0 Å². The van der Waals surface area contributed by atoms with E-state index in [1.165, 1.54) is 0 Å². The number of nitrogens with zero attached hydrogens (tertiary/aromatic N) is 1. The van der Waals surface area contributed by atoms with Crippen molar-refractivity contribution in [2.75, 3.05) is 5.73 Å². The maximum Gasteiger partial charge on any atom is 0.133 e. The fraction of sp³-hybridized carbons (Fsp3) is 0.250. The number of rotatable bonds is 3. The van der Waals surface area contributed by atoms with Crippen LogP contribution < -0.4 is 5.73 Å². The van der Waals surface area contributed by atoms with Crippen LogP contribution in [0.25, 0.3) is 0 Å². The first kappa shape index (κ1) is 12.7. The zero-order valence-electron chi connectivity index (χ0n) is 9.34. The second kappa shape index (κ2) is 5.27. The lowest BCUT2D eigenvalue weighted by Gasteiger charge is -2.06. The predicted molar refractivity (Wildman–Crippen MR) is 77.2 cm³/mol. The van der Waals surface area contributed by atoms with Crippen molar-refractivity contribution in [3.05, 3.63) is 43.8 Å². The highest BCUT2D eigenvalue weighted by Crippen LogP contribution is 2.25. The molecule has 1 aromatic heterocycles. The van der Waals surface area contributed by atoms with Crippen LogP contribution in [0.2, 0.25) is 5.02 Å². The van der Waals surface area contributed by atoms with Crippen LogP contribution in [0.4, 0.5) is 5.69 Å². The van der Waals surface area contributed by atoms with Gasteiger partial charge in [0.2, 0.25) is 0 Å². The largest absolute Gasteiger partial charge is 0.398 e. The summed E-state index contributed by atoms with van der Waals surface area (Å²) in [6.45, 7) is 1.88. The molecule has 3 nitrogen and oxygen atoms in total. The summed E-state index contributed by atoms with van der Waals surface area (Å²) < 4.78 is 6.00. The average molecular weight is 363 g/mol. The van der Waals surface area contributed by atoms with Crippen LogP contribution >= 0.6 is 34.2 Å². The number of nitrogens with two attached hydrogens (primary N) is 1. The third kappa shape index (κ3) is 3.13. The van der Waals surface area contributed by atoms with Crippen molar-refractivity contribution in [1.29, 1.82) is 0 Å². The van der Waals surface area contributed by atoms with Gasteiger partial charge in [-0.3, -0.25) is 0 Å². The summed E-state index contributed by atoms with van der Waals surface area (Å²) in [6, 6.07) is 5.75. The van der Waals surface area contributed by atoms with E-state index in [-0.39, 0.29) is 0 Å². The molecule has 0 aliphatic carbocycles. The van der Waals surface area contributed by atoms with E-state index in [9.17, 15) is 0 Å². The second-order valence-electron chi connectivity index (χ2n) is 3.89. The summed E-state index contributed by atoms with van der Waals surface area (Å²) in [6.07, 6.45) is 1.61. The summed E-state index contributed by atoms with van der Waals surface area (Å²) in [4.78, 5) is 0. The molecule has 0 saturated carbocycles. The van der Waals surface area contributed by atoms with E-state index in [2.05, 4.69) is 27.7 Å². The Balaban J connectivity index is 2.11. The van der Waals surface area contributed by atoms with E-state index in [4.69, 9.17) is 21.9 Å². The minimum absolute atomic E-state index is 0.754. The molecule has 1 heterocycles. The molecule has 0 atom stereocenters. The Kier molecular flexibility index (Phi) is 3.93. The van der Waals surface area contributed by atoms with Crippen molar-refractivity contribution < 1.29 is 4.52 Å².